The summed E-state index contributed by atoms with van der Waals surface area (Å²) in [7, 11) is 5.74. The average molecular weight is 170 g/mol. The molecule has 0 unspecified atom stereocenters. The summed E-state index contributed by atoms with van der Waals surface area (Å²) in [6, 6.07) is 0. The maximum absolute atomic E-state index is 11.1. The Labute approximate surface area is 73.2 Å². The molecule has 3 nitrogen and oxygen atoms in total. The van der Waals surface area contributed by atoms with E-state index in [2.05, 4.69) is 18.8 Å². The molecule has 0 N–H and O–H groups in total. The number of likely N-dealkylation sites (N-methyl/N-ethyl adjacent to an activating group) is 1. The van der Waals surface area contributed by atoms with Crippen molar-refractivity contribution in [2.75, 3.05) is 34.3 Å². The summed E-state index contributed by atoms with van der Waals surface area (Å²) in [5, 5.41) is 0. The molecule has 0 atom stereocenters. The number of methoxy groups -OCH3 is 1. The van der Waals surface area contributed by atoms with E-state index in [0.29, 0.717) is 0 Å². The quantitative estimate of drug-likeness (QED) is 0.425. The van der Waals surface area contributed by atoms with Crippen LogP contribution in [0.2, 0.25) is 0 Å². The minimum Gasteiger partial charge on any atom is -0.466 e. The monoisotopic (exact) mass is 170 g/mol. The molecule has 1 aliphatic rings. The van der Waals surface area contributed by atoms with Gasteiger partial charge in [-0.15, -0.1) is 0 Å². The van der Waals surface area contributed by atoms with Gasteiger partial charge in [0.25, 0.3) is 0 Å². The van der Waals surface area contributed by atoms with Gasteiger partial charge in [-0.25, -0.2) is 4.79 Å². The van der Waals surface area contributed by atoms with Gasteiger partial charge in [0.15, 0.2) is 0 Å². The summed E-state index contributed by atoms with van der Waals surface area (Å²) in [6.45, 7) is 1.94. The topological polar surface area (TPSA) is 26.3 Å². The van der Waals surface area contributed by atoms with Gasteiger partial charge in [-0.2, -0.15) is 0 Å². The molecule has 0 saturated heterocycles. The lowest BCUT2D eigenvalue weighted by Gasteiger charge is -2.31. The average Bonchev–Trinajstić information content (AvgIpc) is 2.03. The van der Waals surface area contributed by atoms with Crippen molar-refractivity contribution in [3.63, 3.8) is 0 Å². The number of carbonyl (C=O) groups excluding carboxylic acids is 1. The van der Waals surface area contributed by atoms with Gasteiger partial charge in [0, 0.05) is 12.0 Å². The van der Waals surface area contributed by atoms with Crippen LogP contribution in [0.5, 0.6) is 0 Å². The Bertz CT molecular complexity index is 219. The normalized spacial score (nSPS) is 21.4. The van der Waals surface area contributed by atoms with E-state index < -0.39 is 0 Å². The molecular weight excluding hydrogens is 154 g/mol. The van der Waals surface area contributed by atoms with Crippen LogP contribution in [0.25, 0.3) is 0 Å². The van der Waals surface area contributed by atoms with Crippen molar-refractivity contribution in [2.45, 2.75) is 6.42 Å². The maximum Gasteiger partial charge on any atom is 0.333 e. The van der Waals surface area contributed by atoms with Gasteiger partial charge in [-0.3, -0.25) is 0 Å². The second-order valence-electron chi connectivity index (χ2n) is 3.81. The zero-order valence-electron chi connectivity index (χ0n) is 7.96. The summed E-state index contributed by atoms with van der Waals surface area (Å²) in [6.07, 6.45) is 2.81. The third-order valence-corrected chi connectivity index (χ3v) is 2.27. The Morgan fingerprint density at radius 2 is 2.25 bits per heavy atom. The van der Waals surface area contributed by atoms with E-state index in [0.717, 1.165) is 29.6 Å². The van der Waals surface area contributed by atoms with Crippen LogP contribution in [-0.4, -0.2) is 44.7 Å². The molecule has 12 heavy (non-hydrogen) atoms. The van der Waals surface area contributed by atoms with Crippen LogP contribution in [0.3, 0.4) is 0 Å². The van der Waals surface area contributed by atoms with Crippen molar-refractivity contribution in [2.24, 2.45) is 0 Å². The molecule has 0 bridgehead atoms. The molecule has 0 saturated carbocycles. The highest BCUT2D eigenvalue weighted by Crippen LogP contribution is 2.14. The fourth-order valence-electron chi connectivity index (χ4n) is 1.29. The summed E-state index contributed by atoms with van der Waals surface area (Å²) >= 11 is 0. The second kappa shape index (κ2) is 3.27. The third-order valence-electron chi connectivity index (χ3n) is 2.27. The molecule has 0 aromatic heterocycles. The van der Waals surface area contributed by atoms with Crippen molar-refractivity contribution in [1.29, 1.82) is 0 Å². The van der Waals surface area contributed by atoms with Crippen LogP contribution >= 0.6 is 0 Å². The highest BCUT2D eigenvalue weighted by atomic mass is 16.5. The predicted octanol–water partition coefficient (Wildman–Crippen LogP) is 0.566. The number of carbonyl (C=O) groups is 1. The van der Waals surface area contributed by atoms with E-state index in [1.165, 1.54) is 7.11 Å². The van der Waals surface area contributed by atoms with Gasteiger partial charge in [0.2, 0.25) is 0 Å². The van der Waals surface area contributed by atoms with Gasteiger partial charge in [0.05, 0.1) is 34.3 Å². The van der Waals surface area contributed by atoms with Gasteiger partial charge >= 0.3 is 5.97 Å². The smallest absolute Gasteiger partial charge is 0.333 e. The molecule has 0 fully saturated rings. The molecule has 68 valence electrons. The number of hydrogen-bond donors (Lipinski definition) is 0. The largest absolute Gasteiger partial charge is 0.466 e. The van der Waals surface area contributed by atoms with E-state index in [1.807, 2.05) is 6.08 Å². The van der Waals surface area contributed by atoms with Crippen molar-refractivity contribution in [3.05, 3.63) is 11.6 Å². The lowest BCUT2D eigenvalue weighted by atomic mass is 10.1. The lowest BCUT2D eigenvalue weighted by molar-refractivity contribution is -0.885. The Morgan fingerprint density at radius 1 is 1.58 bits per heavy atom. The number of quaternary nitrogens is 1. The summed E-state index contributed by atoms with van der Waals surface area (Å²) < 4.78 is 5.60. The molecule has 0 aromatic rings. The minimum atomic E-state index is -0.172. The standard InChI is InChI=1S/C9H16NO2/c1-10(2)6-4-8(5-7-10)9(11)12-3/h4H,5-7H2,1-3H3/q+1. The molecule has 0 spiro atoms. The number of esters is 1. The number of rotatable bonds is 1. The molecule has 0 aromatic carbocycles. The van der Waals surface area contributed by atoms with Crippen LogP contribution in [0, 0.1) is 0 Å². The lowest BCUT2D eigenvalue weighted by Crippen LogP contribution is -2.43. The Kier molecular flexibility index (Phi) is 2.52. The maximum atomic E-state index is 11.1. The van der Waals surface area contributed by atoms with Crippen molar-refractivity contribution in [3.8, 4) is 0 Å². The van der Waals surface area contributed by atoms with Gasteiger partial charge < -0.3 is 9.22 Å². The van der Waals surface area contributed by atoms with Gasteiger partial charge in [0.1, 0.15) is 0 Å². The summed E-state index contributed by atoms with van der Waals surface area (Å²) in [4.78, 5) is 11.1. The van der Waals surface area contributed by atoms with Crippen molar-refractivity contribution >= 4 is 5.97 Å². The molecule has 1 rings (SSSR count). The predicted molar refractivity (Wildman–Crippen MR) is 46.6 cm³/mol. The number of nitrogens with zero attached hydrogens (tertiary/aromatic N) is 1. The van der Waals surface area contributed by atoms with Crippen LogP contribution in [-0.2, 0) is 9.53 Å². The van der Waals surface area contributed by atoms with Crippen LogP contribution in [0.15, 0.2) is 11.6 Å². The van der Waals surface area contributed by atoms with E-state index in [9.17, 15) is 4.79 Å². The molecule has 3 heteroatoms. The minimum absolute atomic E-state index is 0.172. The molecule has 1 heterocycles. The van der Waals surface area contributed by atoms with E-state index >= 15 is 0 Å². The van der Waals surface area contributed by atoms with E-state index in [4.69, 9.17) is 0 Å². The Hall–Kier alpha value is -0.830. The first-order chi connectivity index (χ1) is 5.55. The molecule has 0 aliphatic carbocycles. The molecule has 1 aliphatic heterocycles. The molecule has 0 radical (unpaired) electrons. The summed E-state index contributed by atoms with van der Waals surface area (Å²) in [5.41, 5.74) is 0.829. The summed E-state index contributed by atoms with van der Waals surface area (Å²) in [5.74, 6) is -0.172. The highest BCUT2D eigenvalue weighted by molar-refractivity contribution is 5.88. The SMILES string of the molecule is COC(=O)C1=CC[N+](C)(C)CC1. The zero-order valence-corrected chi connectivity index (χ0v) is 7.96. The Balaban J connectivity index is 2.62. The highest BCUT2D eigenvalue weighted by Gasteiger charge is 2.23. The fraction of sp³-hybridized carbons (Fsp3) is 0.667. The second-order valence-corrected chi connectivity index (χ2v) is 3.81. The van der Waals surface area contributed by atoms with Crippen molar-refractivity contribution in [1.82, 2.24) is 0 Å². The van der Waals surface area contributed by atoms with E-state index in [-0.39, 0.29) is 5.97 Å². The number of hydrogen-bond acceptors (Lipinski definition) is 2. The van der Waals surface area contributed by atoms with Gasteiger partial charge in [-0.05, 0) is 6.08 Å². The molecular formula is C9H16NO2+. The van der Waals surface area contributed by atoms with Crippen LogP contribution in [0.1, 0.15) is 6.42 Å². The zero-order chi connectivity index (χ0) is 9.19. The first kappa shape index (κ1) is 9.26. The Morgan fingerprint density at radius 3 is 2.67 bits per heavy atom. The first-order valence-corrected chi connectivity index (χ1v) is 4.14. The van der Waals surface area contributed by atoms with Crippen LogP contribution < -0.4 is 0 Å². The van der Waals surface area contributed by atoms with Gasteiger partial charge in [-0.1, -0.05) is 0 Å². The van der Waals surface area contributed by atoms with E-state index in [1.54, 1.807) is 0 Å². The first-order valence-electron chi connectivity index (χ1n) is 4.14. The van der Waals surface area contributed by atoms with Crippen LogP contribution in [0.4, 0.5) is 0 Å². The number of ether oxygens (including phenoxy) is 1. The molecule has 0 amide bonds. The van der Waals surface area contributed by atoms with Crippen molar-refractivity contribution < 1.29 is 14.0 Å². The fourth-order valence-corrected chi connectivity index (χ4v) is 1.29. The third kappa shape index (κ3) is 2.08.